The van der Waals surface area contributed by atoms with Gasteiger partial charge in [0.15, 0.2) is 0 Å². The van der Waals surface area contributed by atoms with Crippen molar-refractivity contribution in [3.05, 3.63) is 34.9 Å². The fourth-order valence-corrected chi connectivity index (χ4v) is 3.88. The summed E-state index contributed by atoms with van der Waals surface area (Å²) in [6, 6.07) is 7.50. The van der Waals surface area contributed by atoms with E-state index in [9.17, 15) is 14.4 Å². The summed E-state index contributed by atoms with van der Waals surface area (Å²) < 4.78 is 0. The Morgan fingerprint density at radius 2 is 1.68 bits per heavy atom. The van der Waals surface area contributed by atoms with Gasteiger partial charge in [-0.1, -0.05) is 36.6 Å². The molecule has 2 atom stereocenters. The van der Waals surface area contributed by atoms with Crippen LogP contribution in [0.2, 0.25) is 5.02 Å². The van der Waals surface area contributed by atoms with Crippen LogP contribution in [0.4, 0.5) is 0 Å². The normalized spacial score (nSPS) is 22.8. The molecule has 1 heterocycles. The third-order valence-electron chi connectivity index (χ3n) is 5.14. The zero-order chi connectivity index (χ0) is 17.8. The lowest BCUT2D eigenvalue weighted by molar-refractivity contribution is -0.140. The number of hydrogen-bond donors (Lipinski definition) is 1. The van der Waals surface area contributed by atoms with E-state index >= 15 is 0 Å². The number of amides is 3. The Morgan fingerprint density at radius 1 is 1.08 bits per heavy atom. The average Bonchev–Trinajstić information content (AvgIpc) is 2.86. The van der Waals surface area contributed by atoms with E-state index in [1.807, 2.05) is 24.3 Å². The standard InChI is InChI=1S/C19H23ClN2O3/c20-14-7-5-13(6-8-14)9-11-21-17(23)10-12-22-18(24)15-3-1-2-4-16(15)19(22)25/h5-8,15-16H,1-4,9-12H2,(H,21,23). The number of nitrogens with one attached hydrogen (secondary N) is 1. The number of hydrogen-bond acceptors (Lipinski definition) is 3. The number of fused-ring (bicyclic) bond motifs is 1. The minimum atomic E-state index is -0.144. The van der Waals surface area contributed by atoms with Crippen LogP contribution >= 0.6 is 11.6 Å². The molecule has 2 unspecified atom stereocenters. The van der Waals surface area contributed by atoms with Gasteiger partial charge in [-0.3, -0.25) is 19.3 Å². The van der Waals surface area contributed by atoms with Crippen molar-refractivity contribution in [1.82, 2.24) is 10.2 Å². The van der Waals surface area contributed by atoms with E-state index in [4.69, 9.17) is 11.6 Å². The highest BCUT2D eigenvalue weighted by Crippen LogP contribution is 2.37. The Bertz CT molecular complexity index is 635. The van der Waals surface area contributed by atoms with Gasteiger partial charge in [0.05, 0.1) is 11.8 Å². The fourth-order valence-electron chi connectivity index (χ4n) is 3.75. The molecule has 1 aliphatic heterocycles. The second-order valence-corrected chi connectivity index (χ2v) is 7.24. The number of benzene rings is 1. The molecular formula is C19H23ClN2O3. The number of likely N-dealkylation sites (tertiary alicyclic amines) is 1. The first-order chi connectivity index (χ1) is 12.1. The molecule has 25 heavy (non-hydrogen) atoms. The molecule has 5 nitrogen and oxygen atoms in total. The quantitative estimate of drug-likeness (QED) is 0.791. The van der Waals surface area contributed by atoms with Crippen LogP contribution in [0.5, 0.6) is 0 Å². The Labute approximate surface area is 152 Å². The van der Waals surface area contributed by atoms with Gasteiger partial charge in [-0.25, -0.2) is 0 Å². The highest BCUT2D eigenvalue weighted by molar-refractivity contribution is 6.30. The molecule has 0 aromatic heterocycles. The highest BCUT2D eigenvalue weighted by atomic mass is 35.5. The van der Waals surface area contributed by atoms with E-state index in [-0.39, 0.29) is 42.5 Å². The zero-order valence-corrected chi connectivity index (χ0v) is 14.9. The summed E-state index contributed by atoms with van der Waals surface area (Å²) in [5.41, 5.74) is 1.10. The SMILES string of the molecule is O=C(CCN1C(=O)C2CCCCC2C1=O)NCCc1ccc(Cl)cc1. The molecule has 0 bridgehead atoms. The molecule has 1 aliphatic carbocycles. The first-order valence-corrected chi connectivity index (χ1v) is 9.30. The lowest BCUT2D eigenvalue weighted by atomic mass is 9.81. The number of carbonyl (C=O) groups excluding carboxylic acids is 3. The van der Waals surface area contributed by atoms with E-state index in [0.717, 1.165) is 31.2 Å². The van der Waals surface area contributed by atoms with Gasteiger partial charge in [-0.05, 0) is 37.0 Å². The molecule has 2 fully saturated rings. The summed E-state index contributed by atoms with van der Waals surface area (Å²) in [6.07, 6.45) is 4.52. The van der Waals surface area contributed by atoms with Gasteiger partial charge in [0.25, 0.3) is 0 Å². The maximum atomic E-state index is 12.4. The molecule has 3 amide bonds. The molecule has 3 rings (SSSR count). The van der Waals surface area contributed by atoms with E-state index in [1.54, 1.807) is 0 Å². The third-order valence-corrected chi connectivity index (χ3v) is 5.40. The van der Waals surface area contributed by atoms with Gasteiger partial charge in [0.2, 0.25) is 17.7 Å². The second kappa shape index (κ2) is 8.00. The van der Waals surface area contributed by atoms with Gasteiger partial charge < -0.3 is 5.32 Å². The summed E-state index contributed by atoms with van der Waals surface area (Å²) in [7, 11) is 0. The van der Waals surface area contributed by atoms with Crippen molar-refractivity contribution in [1.29, 1.82) is 0 Å². The van der Waals surface area contributed by atoms with Gasteiger partial charge in [-0.15, -0.1) is 0 Å². The molecular weight excluding hydrogens is 340 g/mol. The van der Waals surface area contributed by atoms with Crippen molar-refractivity contribution in [2.45, 2.75) is 38.5 Å². The monoisotopic (exact) mass is 362 g/mol. The van der Waals surface area contributed by atoms with Crippen LogP contribution in [0.3, 0.4) is 0 Å². The van der Waals surface area contributed by atoms with Crippen molar-refractivity contribution >= 4 is 29.3 Å². The van der Waals surface area contributed by atoms with Crippen molar-refractivity contribution < 1.29 is 14.4 Å². The van der Waals surface area contributed by atoms with Crippen LogP contribution in [0.15, 0.2) is 24.3 Å². The van der Waals surface area contributed by atoms with Gasteiger partial charge >= 0.3 is 0 Å². The van der Waals surface area contributed by atoms with Crippen molar-refractivity contribution in [2.24, 2.45) is 11.8 Å². The van der Waals surface area contributed by atoms with Gasteiger partial charge in [-0.2, -0.15) is 0 Å². The van der Waals surface area contributed by atoms with Crippen LogP contribution in [-0.2, 0) is 20.8 Å². The summed E-state index contributed by atoms with van der Waals surface area (Å²) in [6.45, 7) is 0.713. The second-order valence-electron chi connectivity index (χ2n) is 6.80. The smallest absolute Gasteiger partial charge is 0.233 e. The molecule has 134 valence electrons. The van der Waals surface area contributed by atoms with Gasteiger partial charge in [0, 0.05) is 24.5 Å². The van der Waals surface area contributed by atoms with Crippen molar-refractivity contribution in [3.63, 3.8) is 0 Å². The maximum absolute atomic E-state index is 12.4. The van der Waals surface area contributed by atoms with Crippen LogP contribution in [0.1, 0.15) is 37.7 Å². The predicted molar refractivity (Wildman–Crippen MR) is 95.0 cm³/mol. The number of carbonyl (C=O) groups is 3. The lowest BCUT2D eigenvalue weighted by Gasteiger charge is -2.19. The number of imide groups is 1. The Morgan fingerprint density at radius 3 is 2.28 bits per heavy atom. The highest BCUT2D eigenvalue weighted by Gasteiger charge is 2.47. The molecule has 1 N–H and O–H groups in total. The minimum Gasteiger partial charge on any atom is -0.356 e. The van der Waals surface area contributed by atoms with Gasteiger partial charge in [0.1, 0.15) is 0 Å². The van der Waals surface area contributed by atoms with Crippen LogP contribution < -0.4 is 5.32 Å². The average molecular weight is 363 g/mol. The molecule has 6 heteroatoms. The number of rotatable bonds is 6. The van der Waals surface area contributed by atoms with Crippen LogP contribution in [-0.4, -0.2) is 35.7 Å². The molecule has 2 aliphatic rings. The fraction of sp³-hybridized carbons (Fsp3) is 0.526. The summed E-state index contributed by atoms with van der Waals surface area (Å²) >= 11 is 5.84. The topological polar surface area (TPSA) is 66.5 Å². The summed E-state index contributed by atoms with van der Waals surface area (Å²) in [5.74, 6) is -0.583. The molecule has 0 radical (unpaired) electrons. The summed E-state index contributed by atoms with van der Waals surface area (Å²) in [4.78, 5) is 38.0. The lowest BCUT2D eigenvalue weighted by Crippen LogP contribution is -2.35. The Balaban J connectivity index is 1.42. The zero-order valence-electron chi connectivity index (χ0n) is 14.2. The largest absolute Gasteiger partial charge is 0.356 e. The predicted octanol–water partition coefficient (Wildman–Crippen LogP) is 2.56. The number of nitrogens with zero attached hydrogens (tertiary/aromatic N) is 1. The molecule has 1 saturated heterocycles. The Kier molecular flexibility index (Phi) is 5.74. The van der Waals surface area contributed by atoms with E-state index in [2.05, 4.69) is 5.32 Å². The third kappa shape index (κ3) is 4.21. The Hall–Kier alpha value is -1.88. The molecule has 1 aromatic carbocycles. The first kappa shape index (κ1) is 17.9. The van der Waals surface area contributed by atoms with E-state index in [0.29, 0.717) is 18.0 Å². The molecule has 1 saturated carbocycles. The number of halogens is 1. The van der Waals surface area contributed by atoms with E-state index in [1.165, 1.54) is 4.90 Å². The van der Waals surface area contributed by atoms with Crippen molar-refractivity contribution in [3.8, 4) is 0 Å². The van der Waals surface area contributed by atoms with Crippen molar-refractivity contribution in [2.75, 3.05) is 13.1 Å². The van der Waals surface area contributed by atoms with E-state index < -0.39 is 0 Å². The molecule has 1 aromatic rings. The minimum absolute atomic E-state index is 0.0799. The summed E-state index contributed by atoms with van der Waals surface area (Å²) in [5, 5.41) is 3.53. The molecule has 0 spiro atoms. The maximum Gasteiger partial charge on any atom is 0.233 e. The van der Waals surface area contributed by atoms with Crippen LogP contribution in [0, 0.1) is 11.8 Å². The first-order valence-electron chi connectivity index (χ1n) is 8.92. The van der Waals surface area contributed by atoms with Crippen LogP contribution in [0.25, 0.3) is 0 Å².